The largest absolute Gasteiger partial charge is 0.441 e. The molecule has 3 aromatic rings. The number of carbonyl (C=O) groups excluding carboxylic acids is 1. The highest BCUT2D eigenvalue weighted by atomic mass is 19.1. The lowest BCUT2D eigenvalue weighted by Gasteiger charge is -2.16. The van der Waals surface area contributed by atoms with Crippen LogP contribution in [0.2, 0.25) is 0 Å². The quantitative estimate of drug-likeness (QED) is 0.483. The normalized spacial score (nSPS) is 20.2. The molecule has 1 aliphatic rings. The zero-order valence-corrected chi connectivity index (χ0v) is 18.2. The van der Waals surface area contributed by atoms with Crippen LogP contribution >= 0.6 is 0 Å². The molecule has 12 nitrogen and oxygen atoms in total. The number of aromatic amines is 1. The van der Waals surface area contributed by atoms with Gasteiger partial charge in [0.2, 0.25) is 0 Å². The van der Waals surface area contributed by atoms with E-state index in [4.69, 9.17) is 14.2 Å². The van der Waals surface area contributed by atoms with E-state index in [-0.39, 0.29) is 18.3 Å². The second kappa shape index (κ2) is 9.39. The zero-order chi connectivity index (χ0) is 23.5. The third kappa shape index (κ3) is 4.86. The molecule has 0 saturated carbocycles. The topological polar surface area (TPSA) is 151 Å². The van der Waals surface area contributed by atoms with Crippen molar-refractivity contribution in [2.45, 2.75) is 44.9 Å². The maximum atomic E-state index is 14.9. The van der Waals surface area contributed by atoms with Gasteiger partial charge >= 0.3 is 6.09 Å². The van der Waals surface area contributed by atoms with Crippen LogP contribution in [0.5, 0.6) is 0 Å². The summed E-state index contributed by atoms with van der Waals surface area (Å²) in [5.74, 6) is 0.680. The van der Waals surface area contributed by atoms with Gasteiger partial charge in [0, 0.05) is 19.2 Å². The Hall–Kier alpha value is -3.76. The lowest BCUT2D eigenvalue weighted by Crippen LogP contribution is -2.36. The minimum Gasteiger partial charge on any atom is -0.441 e. The lowest BCUT2D eigenvalue weighted by atomic mass is 10.1. The van der Waals surface area contributed by atoms with E-state index in [9.17, 15) is 14.4 Å². The Morgan fingerprint density at radius 3 is 3.03 bits per heavy atom. The number of halogens is 1. The fourth-order valence-electron chi connectivity index (χ4n) is 3.42. The first-order chi connectivity index (χ1) is 15.9. The summed E-state index contributed by atoms with van der Waals surface area (Å²) in [6.07, 6.45) is -2.78. The third-order valence-electron chi connectivity index (χ3n) is 4.81. The lowest BCUT2D eigenvalue weighted by molar-refractivity contribution is 0.0615. The van der Waals surface area contributed by atoms with Crippen LogP contribution in [0.25, 0.3) is 5.52 Å². The summed E-state index contributed by atoms with van der Waals surface area (Å²) in [7, 11) is 1.56. The summed E-state index contributed by atoms with van der Waals surface area (Å²) < 4.78 is 32.1. The Bertz CT molecular complexity index is 1190. The van der Waals surface area contributed by atoms with E-state index in [0.29, 0.717) is 35.1 Å². The number of aromatic nitrogens is 5. The van der Waals surface area contributed by atoms with Crippen LogP contribution < -0.4 is 10.6 Å². The molecule has 0 unspecified atom stereocenters. The first-order valence-corrected chi connectivity index (χ1v) is 10.2. The van der Waals surface area contributed by atoms with Crippen molar-refractivity contribution in [3.63, 3.8) is 0 Å². The SMILES string of the molecule is COCc1cc2c(Nc3cc([C@@H]4OC[C@H](OC(=O)NC(C)C)[C@H]4F)[nH]n3)nc(C#N)cn2n1. The molecule has 4 rings (SSSR count). The highest BCUT2D eigenvalue weighted by molar-refractivity contribution is 5.73. The van der Waals surface area contributed by atoms with Gasteiger partial charge in [-0.05, 0) is 19.9 Å². The molecule has 33 heavy (non-hydrogen) atoms. The van der Waals surface area contributed by atoms with Crippen LogP contribution in [0.4, 0.5) is 20.8 Å². The van der Waals surface area contributed by atoms with Gasteiger partial charge in [0.1, 0.15) is 17.7 Å². The average Bonchev–Trinajstić information content (AvgIpc) is 3.47. The van der Waals surface area contributed by atoms with E-state index >= 15 is 0 Å². The van der Waals surface area contributed by atoms with E-state index in [1.165, 1.54) is 10.7 Å². The molecule has 1 saturated heterocycles. The van der Waals surface area contributed by atoms with Crippen LogP contribution in [-0.4, -0.2) is 62.9 Å². The zero-order valence-electron chi connectivity index (χ0n) is 18.2. The predicted molar refractivity (Wildman–Crippen MR) is 112 cm³/mol. The molecule has 1 fully saturated rings. The number of anilines is 2. The number of nitrogens with one attached hydrogen (secondary N) is 3. The Labute approximate surface area is 188 Å². The molecular weight excluding hydrogens is 435 g/mol. The van der Waals surface area contributed by atoms with E-state index in [1.54, 1.807) is 33.1 Å². The molecule has 1 aliphatic heterocycles. The molecule has 0 aliphatic carbocycles. The second-order valence-corrected chi connectivity index (χ2v) is 7.76. The molecule has 13 heteroatoms. The van der Waals surface area contributed by atoms with Crippen molar-refractivity contribution in [2.24, 2.45) is 0 Å². The molecule has 3 atom stereocenters. The van der Waals surface area contributed by atoms with Crippen LogP contribution in [0.15, 0.2) is 18.3 Å². The Morgan fingerprint density at radius 2 is 2.30 bits per heavy atom. The molecule has 0 radical (unpaired) electrons. The summed E-state index contributed by atoms with van der Waals surface area (Å²) in [4.78, 5) is 16.1. The minimum atomic E-state index is -1.57. The Kier molecular flexibility index (Phi) is 6.38. The van der Waals surface area contributed by atoms with Gasteiger partial charge in [-0.1, -0.05) is 0 Å². The standard InChI is InChI=1S/C20H23FN8O4/c1-10(2)23-20(30)33-15-9-32-18(17(15)21)13-5-16(27-26-13)25-19-14-4-11(8-31-3)28-29(14)7-12(6-22)24-19/h4-5,7,10,15,17-18H,8-9H2,1-3H3,(H,23,30)(H2,24,25,26,27)/t15-,17+,18-/m0/s1. The van der Waals surface area contributed by atoms with Crippen molar-refractivity contribution in [1.82, 2.24) is 30.1 Å². The van der Waals surface area contributed by atoms with Crippen LogP contribution in [0.3, 0.4) is 0 Å². The smallest absolute Gasteiger partial charge is 0.407 e. The van der Waals surface area contributed by atoms with Gasteiger partial charge in [-0.3, -0.25) is 5.10 Å². The molecule has 3 N–H and O–H groups in total. The number of alkyl halides is 1. The molecular formula is C20H23FN8O4. The first-order valence-electron chi connectivity index (χ1n) is 10.2. The summed E-state index contributed by atoms with van der Waals surface area (Å²) in [6, 6.07) is 5.20. The summed E-state index contributed by atoms with van der Waals surface area (Å²) in [6.45, 7) is 3.77. The van der Waals surface area contributed by atoms with Gasteiger partial charge in [-0.15, -0.1) is 0 Å². The number of H-pyrrole nitrogens is 1. The third-order valence-corrected chi connectivity index (χ3v) is 4.81. The molecule has 1 amide bonds. The van der Waals surface area contributed by atoms with Gasteiger partial charge in [0.25, 0.3) is 0 Å². The number of nitrogens with zero attached hydrogens (tertiary/aromatic N) is 5. The van der Waals surface area contributed by atoms with E-state index in [1.807, 2.05) is 6.07 Å². The van der Waals surface area contributed by atoms with Crippen LogP contribution in [0.1, 0.15) is 37.0 Å². The molecule has 4 heterocycles. The van der Waals surface area contributed by atoms with Gasteiger partial charge in [0.15, 0.2) is 29.6 Å². The molecule has 3 aromatic heterocycles. The number of rotatable bonds is 7. The summed E-state index contributed by atoms with van der Waals surface area (Å²) >= 11 is 0. The number of hydrogen-bond donors (Lipinski definition) is 3. The van der Waals surface area contributed by atoms with Gasteiger partial charge in [0.05, 0.1) is 30.8 Å². The maximum Gasteiger partial charge on any atom is 0.407 e. The van der Waals surface area contributed by atoms with Gasteiger partial charge < -0.3 is 24.8 Å². The summed E-state index contributed by atoms with van der Waals surface area (Å²) in [5, 5.41) is 26.1. The molecule has 0 spiro atoms. The molecule has 0 bridgehead atoms. The maximum absolute atomic E-state index is 14.9. The van der Waals surface area contributed by atoms with E-state index < -0.39 is 24.5 Å². The Balaban J connectivity index is 1.50. The number of methoxy groups -OCH3 is 1. The number of ether oxygens (including phenoxy) is 3. The second-order valence-electron chi connectivity index (χ2n) is 7.76. The van der Waals surface area contributed by atoms with Crippen molar-refractivity contribution in [1.29, 1.82) is 5.26 Å². The van der Waals surface area contributed by atoms with Crippen molar-refractivity contribution in [3.05, 3.63) is 35.4 Å². The number of amides is 1. The number of hydrogen-bond acceptors (Lipinski definition) is 9. The van der Waals surface area contributed by atoms with Crippen LogP contribution in [-0.2, 0) is 20.8 Å². The van der Waals surface area contributed by atoms with Crippen molar-refractivity contribution in [3.8, 4) is 6.07 Å². The minimum absolute atomic E-state index is 0.0797. The van der Waals surface area contributed by atoms with Gasteiger partial charge in [-0.2, -0.15) is 15.5 Å². The van der Waals surface area contributed by atoms with Gasteiger partial charge in [-0.25, -0.2) is 18.7 Å². The number of carbonyl (C=O) groups is 1. The van der Waals surface area contributed by atoms with E-state index in [2.05, 4.69) is 30.9 Å². The molecule has 174 valence electrons. The number of nitriles is 1. The predicted octanol–water partition coefficient (Wildman–Crippen LogP) is 2.13. The van der Waals surface area contributed by atoms with Crippen molar-refractivity contribution in [2.75, 3.05) is 19.0 Å². The van der Waals surface area contributed by atoms with Crippen molar-refractivity contribution >= 4 is 23.2 Å². The number of fused-ring (bicyclic) bond motifs is 1. The fraction of sp³-hybridized carbons (Fsp3) is 0.450. The Morgan fingerprint density at radius 1 is 1.48 bits per heavy atom. The van der Waals surface area contributed by atoms with E-state index in [0.717, 1.165) is 0 Å². The highest BCUT2D eigenvalue weighted by Crippen LogP contribution is 2.33. The average molecular weight is 458 g/mol. The first kappa shape index (κ1) is 22.4. The molecule has 0 aromatic carbocycles. The van der Waals surface area contributed by atoms with Crippen LogP contribution in [0, 0.1) is 11.3 Å². The van der Waals surface area contributed by atoms with Crippen molar-refractivity contribution < 1.29 is 23.4 Å². The number of alkyl carbamates (subject to hydrolysis) is 1. The monoisotopic (exact) mass is 458 g/mol. The highest BCUT2D eigenvalue weighted by Gasteiger charge is 2.42. The fourth-order valence-corrected chi connectivity index (χ4v) is 3.42. The summed E-state index contributed by atoms with van der Waals surface area (Å²) in [5.41, 5.74) is 1.78.